The molecule has 2 N–H and O–H groups in total. The molecule has 1 heterocycles. The van der Waals surface area contributed by atoms with Gasteiger partial charge < -0.3 is 20.0 Å². The molecule has 1 saturated heterocycles. The molecule has 1 aliphatic rings. The standard InChI is InChI=1S/C14H26N2O4/c1-6-10(19-5)8-15-13(17)12-7-11(9-16(12)18)20-14(2,3)4/h6,10-12,18H,1,7-9H2,2-5H3,(H,15,17)/t10?,11-,12+/m1/s1. The Morgan fingerprint density at radius 3 is 2.75 bits per heavy atom. The lowest BCUT2D eigenvalue weighted by atomic mass is 10.1. The maximum absolute atomic E-state index is 12.0. The van der Waals surface area contributed by atoms with E-state index in [1.54, 1.807) is 13.2 Å². The average Bonchev–Trinajstić information content (AvgIpc) is 2.68. The third-order valence-electron chi connectivity index (χ3n) is 3.10. The van der Waals surface area contributed by atoms with Crippen LogP contribution in [0.2, 0.25) is 0 Å². The van der Waals surface area contributed by atoms with Gasteiger partial charge in [0.05, 0.1) is 24.4 Å². The Kier molecular flexibility index (Phi) is 6.13. The van der Waals surface area contributed by atoms with E-state index >= 15 is 0 Å². The van der Waals surface area contributed by atoms with Crippen LogP contribution in [-0.4, -0.2) is 60.2 Å². The van der Waals surface area contributed by atoms with Gasteiger partial charge in [-0.15, -0.1) is 6.58 Å². The molecule has 6 heteroatoms. The first kappa shape index (κ1) is 17.1. The maximum atomic E-state index is 12.0. The van der Waals surface area contributed by atoms with Crippen molar-refractivity contribution in [3.8, 4) is 0 Å². The lowest BCUT2D eigenvalue weighted by Crippen LogP contribution is -2.44. The molecule has 116 valence electrons. The Hall–Kier alpha value is -0.950. The molecule has 20 heavy (non-hydrogen) atoms. The lowest BCUT2D eigenvalue weighted by molar-refractivity contribution is -0.147. The van der Waals surface area contributed by atoms with Crippen LogP contribution < -0.4 is 5.32 Å². The molecule has 3 atom stereocenters. The number of nitrogens with one attached hydrogen (secondary N) is 1. The highest BCUT2D eigenvalue weighted by Crippen LogP contribution is 2.23. The van der Waals surface area contributed by atoms with Gasteiger partial charge in [0.2, 0.25) is 5.91 Å². The second-order valence-corrected chi connectivity index (χ2v) is 5.98. The van der Waals surface area contributed by atoms with E-state index in [2.05, 4.69) is 11.9 Å². The van der Waals surface area contributed by atoms with Crippen LogP contribution in [0.1, 0.15) is 27.2 Å². The Labute approximate surface area is 120 Å². The minimum absolute atomic E-state index is 0.145. The molecule has 1 amide bonds. The summed E-state index contributed by atoms with van der Waals surface area (Å²) in [4.78, 5) is 12.0. The van der Waals surface area contributed by atoms with Gasteiger partial charge in [-0.1, -0.05) is 6.08 Å². The number of amides is 1. The van der Waals surface area contributed by atoms with Crippen LogP contribution in [0.4, 0.5) is 0 Å². The molecule has 1 fully saturated rings. The SMILES string of the molecule is C=CC(CNC(=O)[C@@H]1C[C@@H](OC(C)(C)C)CN1O)OC. The van der Waals surface area contributed by atoms with Gasteiger partial charge in [0, 0.05) is 20.1 Å². The van der Waals surface area contributed by atoms with Crippen LogP contribution in [0.3, 0.4) is 0 Å². The molecule has 0 bridgehead atoms. The number of carbonyl (C=O) groups is 1. The molecule has 0 aromatic heterocycles. The van der Waals surface area contributed by atoms with Crippen molar-refractivity contribution >= 4 is 5.91 Å². The summed E-state index contributed by atoms with van der Waals surface area (Å²) in [5.74, 6) is -0.226. The van der Waals surface area contributed by atoms with Crippen molar-refractivity contribution in [2.24, 2.45) is 0 Å². The molecule has 6 nitrogen and oxygen atoms in total. The lowest BCUT2D eigenvalue weighted by Gasteiger charge is -2.24. The van der Waals surface area contributed by atoms with Gasteiger partial charge in [0.25, 0.3) is 0 Å². The summed E-state index contributed by atoms with van der Waals surface area (Å²) in [6, 6.07) is -0.579. The van der Waals surface area contributed by atoms with E-state index in [4.69, 9.17) is 9.47 Å². The van der Waals surface area contributed by atoms with Crippen molar-refractivity contribution in [1.82, 2.24) is 10.4 Å². The first-order valence-electron chi connectivity index (χ1n) is 6.83. The summed E-state index contributed by atoms with van der Waals surface area (Å²) in [5.41, 5.74) is -0.291. The summed E-state index contributed by atoms with van der Waals surface area (Å²) < 4.78 is 10.9. The van der Waals surface area contributed by atoms with Gasteiger partial charge in [-0.05, 0) is 20.8 Å². The highest BCUT2D eigenvalue weighted by molar-refractivity contribution is 5.82. The molecule has 0 aromatic rings. The molecular weight excluding hydrogens is 260 g/mol. The zero-order valence-electron chi connectivity index (χ0n) is 12.8. The largest absolute Gasteiger partial charge is 0.376 e. The summed E-state index contributed by atoms with van der Waals surface area (Å²) >= 11 is 0. The van der Waals surface area contributed by atoms with Crippen molar-refractivity contribution in [3.05, 3.63) is 12.7 Å². The predicted octanol–water partition coefficient (Wildman–Crippen LogP) is 0.951. The van der Waals surface area contributed by atoms with E-state index in [-0.39, 0.29) is 23.7 Å². The maximum Gasteiger partial charge on any atom is 0.239 e. The van der Waals surface area contributed by atoms with E-state index in [1.807, 2.05) is 20.8 Å². The van der Waals surface area contributed by atoms with Gasteiger partial charge in [0.15, 0.2) is 0 Å². The van der Waals surface area contributed by atoms with Gasteiger partial charge >= 0.3 is 0 Å². The highest BCUT2D eigenvalue weighted by atomic mass is 16.5. The first-order chi connectivity index (χ1) is 9.26. The smallest absolute Gasteiger partial charge is 0.239 e. The number of rotatable bonds is 6. The number of methoxy groups -OCH3 is 1. The summed E-state index contributed by atoms with van der Waals surface area (Å²) in [7, 11) is 1.56. The van der Waals surface area contributed by atoms with Gasteiger partial charge in [-0.25, -0.2) is 0 Å². The average molecular weight is 286 g/mol. The van der Waals surface area contributed by atoms with E-state index in [0.29, 0.717) is 19.5 Å². The summed E-state index contributed by atoms with van der Waals surface area (Å²) in [6.07, 6.45) is 1.73. The topological polar surface area (TPSA) is 71.0 Å². The van der Waals surface area contributed by atoms with Crippen molar-refractivity contribution in [3.63, 3.8) is 0 Å². The van der Waals surface area contributed by atoms with Gasteiger partial charge in [-0.2, -0.15) is 5.06 Å². The molecule has 1 unspecified atom stereocenters. The van der Waals surface area contributed by atoms with Gasteiger partial charge in [0.1, 0.15) is 6.04 Å². The zero-order chi connectivity index (χ0) is 15.3. The second-order valence-electron chi connectivity index (χ2n) is 5.98. The summed E-state index contributed by atoms with van der Waals surface area (Å²) in [6.45, 7) is 10.2. The molecule has 0 aliphatic carbocycles. The van der Waals surface area contributed by atoms with E-state index < -0.39 is 6.04 Å². The quantitative estimate of drug-likeness (QED) is 0.711. The predicted molar refractivity (Wildman–Crippen MR) is 75.5 cm³/mol. The van der Waals surface area contributed by atoms with Crippen molar-refractivity contribution in [2.75, 3.05) is 20.2 Å². The molecule has 0 radical (unpaired) electrons. The van der Waals surface area contributed by atoms with Crippen molar-refractivity contribution < 1.29 is 19.5 Å². The Morgan fingerprint density at radius 2 is 2.25 bits per heavy atom. The molecule has 0 aromatic carbocycles. The Bertz CT molecular complexity index is 341. The Morgan fingerprint density at radius 1 is 1.60 bits per heavy atom. The van der Waals surface area contributed by atoms with Crippen LogP contribution in [0.5, 0.6) is 0 Å². The molecule has 0 saturated carbocycles. The number of hydrogen-bond acceptors (Lipinski definition) is 5. The van der Waals surface area contributed by atoms with Crippen LogP contribution in [0.15, 0.2) is 12.7 Å². The van der Waals surface area contributed by atoms with Crippen LogP contribution >= 0.6 is 0 Å². The van der Waals surface area contributed by atoms with Crippen LogP contribution in [0.25, 0.3) is 0 Å². The van der Waals surface area contributed by atoms with E-state index in [0.717, 1.165) is 5.06 Å². The molecular formula is C14H26N2O4. The van der Waals surface area contributed by atoms with E-state index in [1.165, 1.54) is 0 Å². The van der Waals surface area contributed by atoms with Crippen molar-refractivity contribution in [1.29, 1.82) is 0 Å². The molecule has 0 spiro atoms. The fraction of sp³-hybridized carbons (Fsp3) is 0.786. The number of ether oxygens (including phenoxy) is 2. The number of hydrogen-bond donors (Lipinski definition) is 2. The first-order valence-corrected chi connectivity index (χ1v) is 6.83. The number of carbonyl (C=O) groups excluding carboxylic acids is 1. The Balaban J connectivity index is 2.47. The third kappa shape index (κ3) is 5.20. The fourth-order valence-electron chi connectivity index (χ4n) is 2.19. The minimum atomic E-state index is -0.579. The van der Waals surface area contributed by atoms with Crippen LogP contribution in [-0.2, 0) is 14.3 Å². The second kappa shape index (κ2) is 7.17. The van der Waals surface area contributed by atoms with E-state index in [9.17, 15) is 10.0 Å². The fourth-order valence-corrected chi connectivity index (χ4v) is 2.19. The highest BCUT2D eigenvalue weighted by Gasteiger charge is 2.38. The van der Waals surface area contributed by atoms with Crippen molar-refractivity contribution in [2.45, 2.75) is 51.0 Å². The normalized spacial score (nSPS) is 25.4. The monoisotopic (exact) mass is 286 g/mol. The third-order valence-corrected chi connectivity index (χ3v) is 3.10. The summed E-state index contributed by atoms with van der Waals surface area (Å²) in [5, 5.41) is 13.6. The number of hydroxylamine groups is 2. The zero-order valence-corrected chi connectivity index (χ0v) is 12.8. The van der Waals surface area contributed by atoms with Crippen LogP contribution in [0, 0.1) is 0 Å². The van der Waals surface area contributed by atoms with Gasteiger partial charge in [-0.3, -0.25) is 4.79 Å². The molecule has 1 rings (SSSR count). The number of nitrogens with zero attached hydrogens (tertiary/aromatic N) is 1. The minimum Gasteiger partial charge on any atom is -0.376 e. The molecule has 1 aliphatic heterocycles.